The average molecular weight is 455 g/mol. The number of aryl methyl sites for hydroxylation is 1. The van der Waals surface area contributed by atoms with Gasteiger partial charge in [0.25, 0.3) is 15.9 Å². The Morgan fingerprint density at radius 2 is 1.71 bits per heavy atom. The Hall–Kier alpha value is -3.23. The zero-order chi connectivity index (χ0) is 22.2. The Morgan fingerprint density at radius 1 is 1.00 bits per heavy atom. The Morgan fingerprint density at radius 3 is 2.42 bits per heavy atom. The standard InChI is InChI=1S/C23H19FN2O3S2/c1-15-7-10-18(11-8-15)31(28,29)26(2)17-9-12-21-16(13-17)14-22(30-21)23(27)25-20-6-4-3-5-19(20)24/h3-14H,1-2H3,(H,25,27). The monoisotopic (exact) mass is 454 g/mol. The molecule has 1 N–H and O–H groups in total. The number of benzene rings is 3. The maximum atomic E-state index is 13.8. The molecule has 4 rings (SSSR count). The molecule has 0 bridgehead atoms. The molecule has 0 fully saturated rings. The van der Waals surface area contributed by atoms with Crippen molar-refractivity contribution >= 4 is 48.7 Å². The van der Waals surface area contributed by atoms with E-state index in [-0.39, 0.29) is 10.6 Å². The first-order valence-corrected chi connectivity index (χ1v) is 11.7. The van der Waals surface area contributed by atoms with Gasteiger partial charge in [0.2, 0.25) is 0 Å². The van der Waals surface area contributed by atoms with Gasteiger partial charge in [-0.1, -0.05) is 29.8 Å². The average Bonchev–Trinajstić information content (AvgIpc) is 3.18. The predicted molar refractivity (Wildman–Crippen MR) is 123 cm³/mol. The minimum atomic E-state index is -3.72. The highest BCUT2D eigenvalue weighted by Crippen LogP contribution is 2.31. The molecule has 0 radical (unpaired) electrons. The van der Waals surface area contributed by atoms with Crippen molar-refractivity contribution < 1.29 is 17.6 Å². The van der Waals surface area contributed by atoms with Gasteiger partial charge in [-0.05, 0) is 60.8 Å². The molecule has 1 amide bonds. The van der Waals surface area contributed by atoms with Crippen molar-refractivity contribution in [3.8, 4) is 0 Å². The number of anilines is 2. The van der Waals surface area contributed by atoms with Crippen LogP contribution in [0.1, 0.15) is 15.2 Å². The van der Waals surface area contributed by atoms with Crippen LogP contribution in [-0.4, -0.2) is 21.4 Å². The lowest BCUT2D eigenvalue weighted by molar-refractivity contribution is 0.103. The van der Waals surface area contributed by atoms with Gasteiger partial charge in [0.05, 0.1) is 21.1 Å². The first-order valence-electron chi connectivity index (χ1n) is 9.41. The van der Waals surface area contributed by atoms with Crippen molar-refractivity contribution in [2.75, 3.05) is 16.7 Å². The highest BCUT2D eigenvalue weighted by molar-refractivity contribution is 7.92. The molecule has 1 heterocycles. The normalized spacial score (nSPS) is 11.5. The number of carbonyl (C=O) groups is 1. The lowest BCUT2D eigenvalue weighted by Gasteiger charge is -2.19. The quantitative estimate of drug-likeness (QED) is 0.438. The van der Waals surface area contributed by atoms with Crippen molar-refractivity contribution in [1.29, 1.82) is 0 Å². The third kappa shape index (κ3) is 4.17. The van der Waals surface area contributed by atoms with E-state index in [1.165, 1.54) is 34.8 Å². The van der Waals surface area contributed by atoms with E-state index in [0.717, 1.165) is 15.6 Å². The maximum absolute atomic E-state index is 13.8. The van der Waals surface area contributed by atoms with Crippen LogP contribution in [0.4, 0.5) is 15.8 Å². The number of hydrogen-bond acceptors (Lipinski definition) is 4. The zero-order valence-electron chi connectivity index (χ0n) is 16.8. The molecule has 0 aliphatic rings. The second-order valence-electron chi connectivity index (χ2n) is 7.05. The van der Waals surface area contributed by atoms with Crippen LogP contribution in [0.25, 0.3) is 10.1 Å². The molecule has 8 heteroatoms. The van der Waals surface area contributed by atoms with Crippen LogP contribution in [0.5, 0.6) is 0 Å². The number of amides is 1. The first-order chi connectivity index (χ1) is 14.8. The summed E-state index contributed by atoms with van der Waals surface area (Å²) in [5.74, 6) is -0.935. The molecule has 0 saturated heterocycles. The zero-order valence-corrected chi connectivity index (χ0v) is 18.4. The molecule has 0 spiro atoms. The van der Waals surface area contributed by atoms with Gasteiger partial charge >= 0.3 is 0 Å². The van der Waals surface area contributed by atoms with Crippen LogP contribution in [0.15, 0.2) is 77.7 Å². The van der Waals surface area contributed by atoms with Crippen LogP contribution >= 0.6 is 11.3 Å². The second kappa shape index (κ2) is 8.13. The van der Waals surface area contributed by atoms with Crippen LogP contribution in [0.2, 0.25) is 0 Å². The molecule has 5 nitrogen and oxygen atoms in total. The van der Waals surface area contributed by atoms with Crippen molar-refractivity contribution in [2.45, 2.75) is 11.8 Å². The van der Waals surface area contributed by atoms with E-state index in [1.54, 1.807) is 60.7 Å². The Kier molecular flexibility index (Phi) is 5.51. The fourth-order valence-electron chi connectivity index (χ4n) is 3.09. The van der Waals surface area contributed by atoms with Gasteiger partial charge in [0.15, 0.2) is 0 Å². The first kappa shape index (κ1) is 21.0. The van der Waals surface area contributed by atoms with Crippen LogP contribution in [0.3, 0.4) is 0 Å². The molecule has 0 aliphatic heterocycles. The number of nitrogens with one attached hydrogen (secondary N) is 1. The second-order valence-corrected chi connectivity index (χ2v) is 10.1. The number of thiophene rings is 1. The highest BCUT2D eigenvalue weighted by atomic mass is 32.2. The molecule has 4 aromatic rings. The van der Waals surface area contributed by atoms with E-state index in [1.807, 2.05) is 6.92 Å². The fraction of sp³-hybridized carbons (Fsp3) is 0.0870. The van der Waals surface area contributed by atoms with E-state index >= 15 is 0 Å². The van der Waals surface area contributed by atoms with Gasteiger partial charge in [-0.2, -0.15) is 0 Å². The fourth-order valence-corrected chi connectivity index (χ4v) is 5.22. The van der Waals surface area contributed by atoms with Gasteiger partial charge in [-0.25, -0.2) is 12.8 Å². The number of para-hydroxylation sites is 1. The smallest absolute Gasteiger partial charge is 0.265 e. The summed E-state index contributed by atoms with van der Waals surface area (Å²) >= 11 is 1.25. The molecule has 158 valence electrons. The summed E-state index contributed by atoms with van der Waals surface area (Å²) in [5.41, 5.74) is 1.56. The topological polar surface area (TPSA) is 66.5 Å². The van der Waals surface area contributed by atoms with Crippen molar-refractivity contribution in [2.24, 2.45) is 0 Å². The van der Waals surface area contributed by atoms with Crippen LogP contribution < -0.4 is 9.62 Å². The number of rotatable bonds is 5. The molecule has 0 unspecified atom stereocenters. The third-order valence-electron chi connectivity index (χ3n) is 4.89. The summed E-state index contributed by atoms with van der Waals surface area (Å²) in [6.07, 6.45) is 0. The third-order valence-corrected chi connectivity index (χ3v) is 7.80. The SMILES string of the molecule is Cc1ccc(S(=O)(=O)N(C)c2ccc3sc(C(=O)Nc4ccccc4F)cc3c2)cc1. The molecule has 31 heavy (non-hydrogen) atoms. The van der Waals surface area contributed by atoms with Gasteiger partial charge in [0.1, 0.15) is 5.82 Å². The highest BCUT2D eigenvalue weighted by Gasteiger charge is 2.22. The summed E-state index contributed by atoms with van der Waals surface area (Å²) in [6.45, 7) is 1.89. The lowest BCUT2D eigenvalue weighted by atomic mass is 10.2. The van der Waals surface area contributed by atoms with Crippen molar-refractivity contribution in [3.05, 3.63) is 89.1 Å². The Balaban J connectivity index is 1.62. The summed E-state index contributed by atoms with van der Waals surface area (Å²) in [6, 6.07) is 19.5. The van der Waals surface area contributed by atoms with Crippen molar-refractivity contribution in [3.63, 3.8) is 0 Å². The van der Waals surface area contributed by atoms with Gasteiger partial charge in [-0.15, -0.1) is 11.3 Å². The van der Waals surface area contributed by atoms with Gasteiger partial charge in [-0.3, -0.25) is 9.10 Å². The summed E-state index contributed by atoms with van der Waals surface area (Å²) in [4.78, 5) is 13.2. The molecule has 1 aromatic heterocycles. The minimum Gasteiger partial charge on any atom is -0.319 e. The molecule has 0 saturated carbocycles. The Labute approximate surface area is 183 Å². The molecule has 0 aliphatic carbocycles. The van der Waals surface area contributed by atoms with E-state index < -0.39 is 21.7 Å². The molecule has 3 aromatic carbocycles. The number of sulfonamides is 1. The largest absolute Gasteiger partial charge is 0.319 e. The number of hydrogen-bond donors (Lipinski definition) is 1. The molecular weight excluding hydrogens is 435 g/mol. The van der Waals surface area contributed by atoms with E-state index in [2.05, 4.69) is 5.32 Å². The number of nitrogens with zero attached hydrogens (tertiary/aromatic N) is 1. The number of fused-ring (bicyclic) bond motifs is 1. The van der Waals surface area contributed by atoms with Crippen LogP contribution in [-0.2, 0) is 10.0 Å². The molecular formula is C23H19FN2O3S2. The van der Waals surface area contributed by atoms with Gasteiger partial charge in [0, 0.05) is 11.7 Å². The summed E-state index contributed by atoms with van der Waals surface area (Å²) in [5, 5.41) is 3.29. The molecule has 0 atom stereocenters. The maximum Gasteiger partial charge on any atom is 0.265 e. The summed E-state index contributed by atoms with van der Waals surface area (Å²) in [7, 11) is -2.22. The van der Waals surface area contributed by atoms with E-state index in [4.69, 9.17) is 0 Å². The van der Waals surface area contributed by atoms with Gasteiger partial charge < -0.3 is 5.32 Å². The number of carbonyl (C=O) groups excluding carboxylic acids is 1. The van der Waals surface area contributed by atoms with E-state index in [0.29, 0.717) is 10.6 Å². The van der Waals surface area contributed by atoms with E-state index in [9.17, 15) is 17.6 Å². The lowest BCUT2D eigenvalue weighted by Crippen LogP contribution is -2.26. The summed E-state index contributed by atoms with van der Waals surface area (Å²) < 4.78 is 41.8. The van der Waals surface area contributed by atoms with Crippen LogP contribution in [0, 0.1) is 12.7 Å². The Bertz CT molecular complexity index is 1380. The minimum absolute atomic E-state index is 0.106. The van der Waals surface area contributed by atoms with Crippen molar-refractivity contribution in [1.82, 2.24) is 0 Å². The predicted octanol–water partition coefficient (Wildman–Crippen LogP) is 5.43. The number of halogens is 1.